The van der Waals surface area contributed by atoms with Crippen molar-refractivity contribution < 1.29 is 19.1 Å². The Balaban J connectivity index is 2.11. The average molecular weight is 420 g/mol. The summed E-state index contributed by atoms with van der Waals surface area (Å²) >= 11 is 3.36. The minimum Gasteiger partial charge on any atom is -0.496 e. The molecule has 5 nitrogen and oxygen atoms in total. The minimum atomic E-state index is -0.842. The predicted octanol–water partition coefficient (Wildman–Crippen LogP) is 3.98. The summed E-state index contributed by atoms with van der Waals surface area (Å²) in [7, 11) is 2.91. The highest BCUT2D eigenvalue weighted by molar-refractivity contribution is 9.10. The molecule has 2 aromatic rings. The second-order valence-corrected chi connectivity index (χ2v) is 6.84. The number of halogens is 1. The molecule has 0 aromatic heterocycles. The third kappa shape index (κ3) is 5.08. The molecule has 0 aliphatic rings. The summed E-state index contributed by atoms with van der Waals surface area (Å²) in [5, 5.41) is 2.77. The Kier molecular flexibility index (Phi) is 7.21. The van der Waals surface area contributed by atoms with Gasteiger partial charge in [0.1, 0.15) is 5.75 Å². The van der Waals surface area contributed by atoms with Crippen molar-refractivity contribution in [2.75, 3.05) is 14.2 Å². The van der Waals surface area contributed by atoms with Crippen molar-refractivity contribution in [3.63, 3.8) is 0 Å². The number of carbonyl (C=O) groups is 2. The fraction of sp³-hybridized carbons (Fsp3) is 0.300. The number of para-hydroxylation sites is 1. The second kappa shape index (κ2) is 9.38. The van der Waals surface area contributed by atoms with Gasteiger partial charge in [-0.2, -0.15) is 0 Å². The van der Waals surface area contributed by atoms with E-state index in [0.29, 0.717) is 5.56 Å². The Morgan fingerprint density at radius 1 is 1.08 bits per heavy atom. The Bertz CT molecular complexity index is 761. The first-order valence-electron chi connectivity index (χ1n) is 8.21. The van der Waals surface area contributed by atoms with Gasteiger partial charge in [-0.1, -0.05) is 53.2 Å². The van der Waals surface area contributed by atoms with E-state index in [-0.39, 0.29) is 18.2 Å². The highest BCUT2D eigenvalue weighted by Gasteiger charge is 2.25. The van der Waals surface area contributed by atoms with Gasteiger partial charge in [-0.25, -0.2) is 4.79 Å². The van der Waals surface area contributed by atoms with Gasteiger partial charge < -0.3 is 14.8 Å². The number of hydrogen-bond donors (Lipinski definition) is 1. The lowest BCUT2D eigenvalue weighted by Crippen LogP contribution is -2.35. The fourth-order valence-corrected chi connectivity index (χ4v) is 3.00. The third-order valence-corrected chi connectivity index (χ3v) is 4.64. The van der Waals surface area contributed by atoms with Crippen molar-refractivity contribution in [3.05, 3.63) is 64.1 Å². The molecule has 2 aromatic carbocycles. The number of benzene rings is 2. The molecule has 0 saturated carbocycles. The molecule has 0 saturated heterocycles. The van der Waals surface area contributed by atoms with Gasteiger partial charge in [-0.05, 0) is 35.2 Å². The fourth-order valence-electron chi connectivity index (χ4n) is 2.73. The second-order valence-electron chi connectivity index (χ2n) is 5.92. The molecule has 0 heterocycles. The Hall–Kier alpha value is -2.34. The van der Waals surface area contributed by atoms with Gasteiger partial charge in [0.25, 0.3) is 0 Å². The molecule has 1 N–H and O–H groups in total. The molecule has 2 unspecified atom stereocenters. The van der Waals surface area contributed by atoms with Gasteiger partial charge in [0.05, 0.1) is 14.2 Å². The topological polar surface area (TPSA) is 64.6 Å². The number of ether oxygens (including phenoxy) is 2. The van der Waals surface area contributed by atoms with E-state index in [0.717, 1.165) is 15.8 Å². The zero-order chi connectivity index (χ0) is 19.1. The van der Waals surface area contributed by atoms with Gasteiger partial charge in [-0.15, -0.1) is 0 Å². The first-order chi connectivity index (χ1) is 12.5. The van der Waals surface area contributed by atoms with Crippen molar-refractivity contribution >= 4 is 27.8 Å². The molecular formula is C20H22BrNO4. The predicted molar refractivity (Wildman–Crippen MR) is 103 cm³/mol. The van der Waals surface area contributed by atoms with Crippen molar-refractivity contribution in [1.29, 1.82) is 0 Å². The smallest absolute Gasteiger partial charge is 0.333 e. The Morgan fingerprint density at radius 3 is 2.35 bits per heavy atom. The van der Waals surface area contributed by atoms with Crippen LogP contribution in [0.3, 0.4) is 0 Å². The highest BCUT2D eigenvalue weighted by Crippen LogP contribution is 2.28. The molecule has 0 radical (unpaired) electrons. The molecule has 0 fully saturated rings. The van der Waals surface area contributed by atoms with E-state index in [1.807, 2.05) is 43.3 Å². The van der Waals surface area contributed by atoms with E-state index in [4.69, 9.17) is 9.47 Å². The lowest BCUT2D eigenvalue weighted by molar-refractivity contribution is -0.145. The number of methoxy groups -OCH3 is 2. The summed E-state index contributed by atoms with van der Waals surface area (Å²) < 4.78 is 11.1. The first-order valence-corrected chi connectivity index (χ1v) is 9.01. The van der Waals surface area contributed by atoms with Crippen LogP contribution in [0.5, 0.6) is 5.75 Å². The number of hydrogen-bond acceptors (Lipinski definition) is 4. The van der Waals surface area contributed by atoms with Gasteiger partial charge in [-0.3, -0.25) is 4.79 Å². The average Bonchev–Trinajstić information content (AvgIpc) is 2.66. The zero-order valence-corrected chi connectivity index (χ0v) is 16.6. The van der Waals surface area contributed by atoms with E-state index >= 15 is 0 Å². The Labute approximate surface area is 161 Å². The molecular weight excluding hydrogens is 398 g/mol. The van der Waals surface area contributed by atoms with Crippen molar-refractivity contribution in [1.82, 2.24) is 5.32 Å². The number of esters is 1. The summed E-state index contributed by atoms with van der Waals surface area (Å²) in [6.45, 7) is 1.95. The van der Waals surface area contributed by atoms with Gasteiger partial charge in [0.2, 0.25) is 5.91 Å². The molecule has 2 rings (SSSR count). The van der Waals surface area contributed by atoms with Crippen LogP contribution in [0.4, 0.5) is 0 Å². The highest BCUT2D eigenvalue weighted by atomic mass is 79.9. The minimum absolute atomic E-state index is 0.0608. The molecule has 0 spiro atoms. The van der Waals surface area contributed by atoms with Crippen molar-refractivity contribution in [3.8, 4) is 5.75 Å². The maximum absolute atomic E-state index is 12.5. The van der Waals surface area contributed by atoms with Crippen LogP contribution >= 0.6 is 15.9 Å². The van der Waals surface area contributed by atoms with Crippen molar-refractivity contribution in [2.45, 2.75) is 25.3 Å². The van der Waals surface area contributed by atoms with Crippen LogP contribution < -0.4 is 10.1 Å². The largest absolute Gasteiger partial charge is 0.496 e. The van der Waals surface area contributed by atoms with Gasteiger partial charge >= 0.3 is 5.97 Å². The van der Waals surface area contributed by atoms with E-state index in [2.05, 4.69) is 21.2 Å². The molecule has 2 atom stereocenters. The maximum Gasteiger partial charge on any atom is 0.333 e. The van der Waals surface area contributed by atoms with Crippen LogP contribution in [0.1, 0.15) is 36.4 Å². The van der Waals surface area contributed by atoms with Crippen LogP contribution in [0.25, 0.3) is 0 Å². The third-order valence-electron chi connectivity index (χ3n) is 4.11. The number of rotatable bonds is 7. The lowest BCUT2D eigenvalue weighted by atomic mass is 9.96. The van der Waals surface area contributed by atoms with E-state index in [1.165, 1.54) is 7.11 Å². The molecule has 6 heteroatoms. The summed E-state index contributed by atoms with van der Waals surface area (Å²) in [6.07, 6.45) is 0.227. The SMILES string of the molecule is COC(=O)C(NC(=O)CC(C)c1ccccc1OC)c1ccc(Br)cc1. The van der Waals surface area contributed by atoms with Gasteiger partial charge in [0.15, 0.2) is 6.04 Å². The molecule has 0 aliphatic heterocycles. The van der Waals surface area contributed by atoms with E-state index < -0.39 is 12.0 Å². The quantitative estimate of drug-likeness (QED) is 0.689. The summed E-state index contributed by atoms with van der Waals surface area (Å²) in [6, 6.07) is 13.9. The summed E-state index contributed by atoms with van der Waals surface area (Å²) in [5.74, 6) is -0.0630. The zero-order valence-electron chi connectivity index (χ0n) is 15.0. The van der Waals surface area contributed by atoms with E-state index in [9.17, 15) is 9.59 Å². The van der Waals surface area contributed by atoms with Crippen LogP contribution in [0, 0.1) is 0 Å². The van der Waals surface area contributed by atoms with Crippen molar-refractivity contribution in [2.24, 2.45) is 0 Å². The summed E-state index contributed by atoms with van der Waals surface area (Å²) in [4.78, 5) is 24.6. The molecule has 0 bridgehead atoms. The van der Waals surface area contributed by atoms with E-state index in [1.54, 1.807) is 19.2 Å². The molecule has 26 heavy (non-hydrogen) atoms. The van der Waals surface area contributed by atoms with Crippen LogP contribution in [-0.4, -0.2) is 26.1 Å². The first kappa shape index (κ1) is 20.0. The van der Waals surface area contributed by atoms with Crippen LogP contribution in [-0.2, 0) is 14.3 Å². The molecule has 1 amide bonds. The van der Waals surface area contributed by atoms with Gasteiger partial charge in [0, 0.05) is 10.9 Å². The van der Waals surface area contributed by atoms with Crippen LogP contribution in [0.2, 0.25) is 0 Å². The number of amides is 1. The number of nitrogens with one attached hydrogen (secondary N) is 1. The Morgan fingerprint density at radius 2 is 1.73 bits per heavy atom. The maximum atomic E-state index is 12.5. The number of carbonyl (C=O) groups excluding carboxylic acids is 2. The summed E-state index contributed by atoms with van der Waals surface area (Å²) in [5.41, 5.74) is 1.61. The normalized spacial score (nSPS) is 12.8. The lowest BCUT2D eigenvalue weighted by Gasteiger charge is -2.19. The standard InChI is InChI=1S/C20H22BrNO4/c1-13(16-6-4-5-7-17(16)25-2)12-18(23)22-19(20(24)26-3)14-8-10-15(21)11-9-14/h4-11,13,19H,12H2,1-3H3,(H,22,23). The molecule has 0 aliphatic carbocycles. The monoisotopic (exact) mass is 419 g/mol. The molecule has 138 valence electrons. The van der Waals surface area contributed by atoms with Crippen LogP contribution in [0.15, 0.2) is 53.0 Å².